The Bertz CT molecular complexity index is 1620. The topological polar surface area (TPSA) is 167 Å². The van der Waals surface area contributed by atoms with Gasteiger partial charge in [0.15, 0.2) is 5.58 Å². The minimum absolute atomic E-state index is 0.0200. The van der Waals surface area contributed by atoms with E-state index < -0.39 is 28.6 Å². The number of rotatable bonds is 6. The van der Waals surface area contributed by atoms with Gasteiger partial charge in [-0.3, -0.25) is 9.59 Å². The number of nitrogens with one attached hydrogen (secondary N) is 1. The van der Waals surface area contributed by atoms with E-state index >= 15 is 0 Å². The molecule has 0 radical (unpaired) electrons. The van der Waals surface area contributed by atoms with Crippen LogP contribution in [0.2, 0.25) is 5.02 Å². The van der Waals surface area contributed by atoms with Crippen molar-refractivity contribution in [2.24, 2.45) is 5.73 Å². The smallest absolute Gasteiger partial charge is 0.292 e. The molecule has 12 heteroatoms. The lowest BCUT2D eigenvalue weighted by Gasteiger charge is -2.26. The number of aliphatic hydroxyl groups is 1. The number of oxazole rings is 1. The second-order valence-corrected chi connectivity index (χ2v) is 9.95. The molecule has 0 bridgehead atoms. The normalized spacial score (nSPS) is 18.0. The molecule has 0 spiro atoms. The molecule has 5 rings (SSSR count). The van der Waals surface area contributed by atoms with Gasteiger partial charge in [0, 0.05) is 16.7 Å². The molecule has 4 aromatic rings. The number of anilines is 1. The zero-order valence-electron chi connectivity index (χ0n) is 20.3. The predicted octanol–water partition coefficient (Wildman–Crippen LogP) is 3.04. The first-order valence-electron chi connectivity index (χ1n) is 11.5. The fourth-order valence-corrected chi connectivity index (χ4v) is 4.41. The Morgan fingerprint density at radius 3 is 2.71 bits per heavy atom. The number of nitrogens with zero attached hydrogens (tertiary/aromatic N) is 2. The van der Waals surface area contributed by atoms with Crippen LogP contribution in [0.4, 0.5) is 10.4 Å². The molecular weight excluding hydrogens is 517 g/mol. The van der Waals surface area contributed by atoms with Crippen LogP contribution in [0.1, 0.15) is 35.5 Å². The fraction of sp³-hybridized carbons (Fsp3) is 0.231. The predicted molar refractivity (Wildman–Crippen MR) is 137 cm³/mol. The molecule has 0 saturated carbocycles. The molecule has 2 atom stereocenters. The maximum Gasteiger partial charge on any atom is 0.292 e. The number of carbonyl (C=O) groups excluding carboxylic acids is 2. The first kappa shape index (κ1) is 25.4. The van der Waals surface area contributed by atoms with Gasteiger partial charge >= 0.3 is 0 Å². The average Bonchev–Trinajstić information content (AvgIpc) is 3.43. The van der Waals surface area contributed by atoms with Crippen LogP contribution in [-0.2, 0) is 15.8 Å². The van der Waals surface area contributed by atoms with E-state index in [0.29, 0.717) is 22.2 Å². The molecule has 3 heterocycles. The van der Waals surface area contributed by atoms with E-state index in [2.05, 4.69) is 15.3 Å². The minimum atomic E-state index is -1.70. The van der Waals surface area contributed by atoms with Crippen molar-refractivity contribution >= 4 is 40.5 Å². The molecule has 1 aliphatic rings. The zero-order valence-corrected chi connectivity index (χ0v) is 21.1. The van der Waals surface area contributed by atoms with E-state index in [1.54, 1.807) is 19.1 Å². The Morgan fingerprint density at radius 1 is 1.24 bits per heavy atom. The molecule has 2 aromatic heterocycles. The molecule has 0 aliphatic carbocycles. The molecule has 0 unspecified atom stereocenters. The van der Waals surface area contributed by atoms with Crippen LogP contribution < -0.4 is 21.5 Å². The molecule has 2 amide bonds. The van der Waals surface area contributed by atoms with Crippen LogP contribution in [0.3, 0.4) is 0 Å². The summed E-state index contributed by atoms with van der Waals surface area (Å²) in [6, 6.07) is 10.1. The number of nitrogens with two attached hydrogens (primary N) is 2. The largest absolute Gasteiger partial charge is 0.489 e. The van der Waals surface area contributed by atoms with E-state index in [4.69, 9.17) is 32.2 Å². The second kappa shape index (κ2) is 8.96. The van der Waals surface area contributed by atoms with Crippen LogP contribution in [0.5, 0.6) is 5.75 Å². The number of carbonyl (C=O) groups is 2. The van der Waals surface area contributed by atoms with Crippen LogP contribution in [0.25, 0.3) is 22.4 Å². The molecule has 196 valence electrons. The Kier molecular flexibility index (Phi) is 6.00. The van der Waals surface area contributed by atoms with Gasteiger partial charge in [-0.05, 0) is 56.3 Å². The first-order chi connectivity index (χ1) is 17.9. The lowest BCUT2D eigenvalue weighted by atomic mass is 9.82. The van der Waals surface area contributed by atoms with Gasteiger partial charge in [-0.15, -0.1) is 0 Å². The third-order valence-corrected chi connectivity index (χ3v) is 6.91. The third kappa shape index (κ3) is 4.29. The highest BCUT2D eigenvalue weighted by Gasteiger charge is 2.45. The van der Waals surface area contributed by atoms with Gasteiger partial charge in [-0.25, -0.2) is 9.37 Å². The summed E-state index contributed by atoms with van der Waals surface area (Å²) >= 11 is 6.00. The summed E-state index contributed by atoms with van der Waals surface area (Å²) < 4.78 is 24.9. The number of nitrogen functional groups attached to an aromatic ring is 1. The summed E-state index contributed by atoms with van der Waals surface area (Å²) in [5.74, 6) is -1.46. The minimum Gasteiger partial charge on any atom is -0.489 e. The summed E-state index contributed by atoms with van der Waals surface area (Å²) in [4.78, 5) is 33.8. The number of amides is 2. The number of hydrogen-bond acceptors (Lipinski definition) is 8. The summed E-state index contributed by atoms with van der Waals surface area (Å²) in [5, 5.41) is 13.9. The van der Waals surface area contributed by atoms with Gasteiger partial charge in [-0.1, -0.05) is 11.6 Å². The van der Waals surface area contributed by atoms with E-state index in [1.165, 1.54) is 37.3 Å². The van der Waals surface area contributed by atoms with Crippen molar-refractivity contribution in [3.8, 4) is 17.0 Å². The maximum atomic E-state index is 13.8. The van der Waals surface area contributed by atoms with Crippen molar-refractivity contribution in [2.45, 2.75) is 24.9 Å². The van der Waals surface area contributed by atoms with E-state index in [1.807, 2.05) is 0 Å². The summed E-state index contributed by atoms with van der Waals surface area (Å²) in [6.07, 6.45) is 0. The number of hydrogen-bond donors (Lipinski definition) is 4. The van der Waals surface area contributed by atoms with E-state index in [0.717, 1.165) is 0 Å². The highest BCUT2D eigenvalue weighted by atomic mass is 35.5. The Labute approximate surface area is 220 Å². The molecule has 1 aliphatic heterocycles. The van der Waals surface area contributed by atoms with Crippen molar-refractivity contribution < 1.29 is 28.2 Å². The van der Waals surface area contributed by atoms with Gasteiger partial charge < -0.3 is 31.0 Å². The molecule has 38 heavy (non-hydrogen) atoms. The number of primary amides is 1. The van der Waals surface area contributed by atoms with Crippen molar-refractivity contribution in [1.82, 2.24) is 15.3 Å². The number of ether oxygens (including phenoxy) is 1. The number of fused-ring (bicyclic) bond motifs is 2. The second-order valence-electron chi connectivity index (χ2n) is 9.54. The van der Waals surface area contributed by atoms with Gasteiger partial charge in [0.25, 0.3) is 11.9 Å². The van der Waals surface area contributed by atoms with Crippen molar-refractivity contribution in [3.05, 3.63) is 70.1 Å². The molecule has 0 fully saturated rings. The molecule has 2 aromatic carbocycles. The Hall–Kier alpha value is -4.22. The van der Waals surface area contributed by atoms with Crippen molar-refractivity contribution in [1.29, 1.82) is 0 Å². The first-order valence-corrected chi connectivity index (χ1v) is 11.9. The van der Waals surface area contributed by atoms with Gasteiger partial charge in [-0.2, -0.15) is 4.98 Å². The molecule has 6 N–H and O–H groups in total. The van der Waals surface area contributed by atoms with Crippen molar-refractivity contribution in [2.75, 3.05) is 18.9 Å². The standard InChI is InChI=1S/C26H23ClFN5O5/c1-25(23(29)35)11-37-21-14(25)9-19(33-20(21)12-3-5-16(28)15(27)7-12)26(2,36)10-31-22(34)13-4-6-17-18(8-13)38-24(30)32-17/h3-9,36H,10-11H2,1-2H3,(H2,29,35)(H2,30,32)(H,31,34)/t25-,26-/m0/s1. The Balaban J connectivity index is 1.50. The SMILES string of the molecule is C[C@](O)(CNC(=O)c1ccc2nc(N)oc2c1)c1cc2c(c(-c3ccc(F)c(Cl)c3)n1)OC[C@]2(C)C(N)=O. The van der Waals surface area contributed by atoms with E-state index in [9.17, 15) is 19.1 Å². The highest BCUT2D eigenvalue weighted by Crippen LogP contribution is 2.45. The number of aromatic nitrogens is 2. The van der Waals surface area contributed by atoms with Crippen LogP contribution >= 0.6 is 11.6 Å². The third-order valence-electron chi connectivity index (χ3n) is 6.62. The van der Waals surface area contributed by atoms with E-state index in [-0.39, 0.29) is 46.9 Å². The van der Waals surface area contributed by atoms with Crippen molar-refractivity contribution in [3.63, 3.8) is 0 Å². The quantitative estimate of drug-likeness (QED) is 0.290. The molecule has 10 nitrogen and oxygen atoms in total. The summed E-state index contributed by atoms with van der Waals surface area (Å²) in [6.45, 7) is 2.79. The van der Waals surface area contributed by atoms with Gasteiger partial charge in [0.05, 0.1) is 17.3 Å². The lowest BCUT2D eigenvalue weighted by molar-refractivity contribution is -0.123. The zero-order chi connectivity index (χ0) is 27.4. The summed E-state index contributed by atoms with van der Waals surface area (Å²) in [5.41, 5.74) is 10.6. The van der Waals surface area contributed by atoms with Crippen LogP contribution in [-0.4, -0.2) is 40.0 Å². The van der Waals surface area contributed by atoms with Crippen LogP contribution in [0.15, 0.2) is 46.9 Å². The Morgan fingerprint density at radius 2 is 2.00 bits per heavy atom. The lowest BCUT2D eigenvalue weighted by Crippen LogP contribution is -2.41. The fourth-order valence-electron chi connectivity index (χ4n) is 4.23. The highest BCUT2D eigenvalue weighted by molar-refractivity contribution is 6.31. The summed E-state index contributed by atoms with van der Waals surface area (Å²) in [7, 11) is 0. The molecule has 0 saturated heterocycles. The van der Waals surface area contributed by atoms with Crippen LogP contribution in [0, 0.1) is 5.82 Å². The average molecular weight is 540 g/mol. The number of pyridine rings is 1. The molecular formula is C26H23ClFN5O5. The van der Waals surface area contributed by atoms with Gasteiger partial charge in [0.2, 0.25) is 5.91 Å². The maximum absolute atomic E-state index is 13.8. The van der Waals surface area contributed by atoms with Gasteiger partial charge in [0.1, 0.15) is 40.4 Å². The monoisotopic (exact) mass is 539 g/mol. The number of halogens is 2. The number of benzene rings is 2.